The topological polar surface area (TPSA) is 169 Å². The first-order chi connectivity index (χ1) is 18.4. The van der Waals surface area contributed by atoms with Gasteiger partial charge in [0.1, 0.15) is 18.7 Å². The summed E-state index contributed by atoms with van der Waals surface area (Å²) in [6, 6.07) is 4.37. The Balaban J connectivity index is 2.94. The molecule has 0 bridgehead atoms. The van der Waals surface area contributed by atoms with Crippen molar-refractivity contribution < 1.29 is 28.7 Å². The number of anilines is 1. The lowest BCUT2D eigenvalue weighted by Gasteiger charge is -2.27. The number of carbonyl (C=O) groups excluding carboxylic acids is 5. The molecule has 6 N–H and O–H groups in total. The zero-order chi connectivity index (χ0) is 30.7. The predicted octanol–water partition coefficient (Wildman–Crippen LogP) is 3.22. The van der Waals surface area contributed by atoms with Crippen LogP contribution in [0.4, 0.5) is 10.5 Å². The van der Waals surface area contributed by atoms with Crippen molar-refractivity contribution in [3.05, 3.63) is 29.8 Å². The molecule has 0 spiro atoms. The number of rotatable bonds is 13. The van der Waals surface area contributed by atoms with Gasteiger partial charge in [0.25, 0.3) is 0 Å². The van der Waals surface area contributed by atoms with Gasteiger partial charge in [-0.1, -0.05) is 46.8 Å². The van der Waals surface area contributed by atoms with Gasteiger partial charge in [-0.25, -0.2) is 4.79 Å². The molecular weight excluding hydrogens is 514 g/mol. The molecule has 1 unspecified atom stereocenters. The van der Waals surface area contributed by atoms with Crippen LogP contribution in [0.1, 0.15) is 80.2 Å². The van der Waals surface area contributed by atoms with E-state index in [0.29, 0.717) is 12.1 Å². The van der Waals surface area contributed by atoms with Crippen LogP contribution in [0.5, 0.6) is 0 Å². The normalized spacial score (nSPS) is 13.1. The fourth-order valence-electron chi connectivity index (χ4n) is 3.57. The summed E-state index contributed by atoms with van der Waals surface area (Å²) in [6.07, 6.45) is 0.846. The second-order valence-corrected chi connectivity index (χ2v) is 12.5. The van der Waals surface area contributed by atoms with Gasteiger partial charge in [0.15, 0.2) is 0 Å². The van der Waals surface area contributed by atoms with Crippen molar-refractivity contribution >= 4 is 35.4 Å². The number of primary amides is 1. The largest absolute Gasteiger partial charge is 0.460 e. The fourth-order valence-corrected chi connectivity index (χ4v) is 3.57. The smallest absolute Gasteiger partial charge is 0.312 e. The third kappa shape index (κ3) is 13.4. The summed E-state index contributed by atoms with van der Waals surface area (Å²) in [4.78, 5) is 61.9. The Morgan fingerprint density at radius 3 is 2.00 bits per heavy atom. The molecule has 0 aliphatic carbocycles. The second-order valence-electron chi connectivity index (χ2n) is 12.5. The molecule has 0 radical (unpaired) electrons. The van der Waals surface area contributed by atoms with Gasteiger partial charge in [-0.05, 0) is 62.6 Å². The van der Waals surface area contributed by atoms with Crippen LogP contribution in [-0.2, 0) is 30.5 Å². The van der Waals surface area contributed by atoms with E-state index in [1.165, 1.54) is 0 Å². The predicted molar refractivity (Wildman–Crippen MR) is 154 cm³/mol. The Bertz CT molecular complexity index is 1020. The molecule has 0 heterocycles. The highest BCUT2D eigenvalue weighted by Crippen LogP contribution is 2.19. The average Bonchev–Trinajstić information content (AvgIpc) is 2.81. The van der Waals surface area contributed by atoms with Crippen molar-refractivity contribution in [2.75, 3.05) is 11.9 Å². The van der Waals surface area contributed by atoms with E-state index in [9.17, 15) is 24.0 Å². The number of urea groups is 1. The number of hydrogen-bond donors (Lipinski definition) is 5. The number of hydrogen-bond acceptors (Lipinski definition) is 6. The zero-order valence-corrected chi connectivity index (χ0v) is 25.1. The number of nitrogens with two attached hydrogens (primary N) is 1. The third-order valence-corrected chi connectivity index (χ3v) is 5.76. The minimum atomic E-state index is -0.935. The SMILES string of the molecule is CC(C)C(NC(=O)CC(C)(C)C)C(=O)N[C@@H](CCCNC(N)=O)C(=O)Nc1ccc(COC(=O)C(C)(C)C)cc1. The Kier molecular flexibility index (Phi) is 13.1. The molecule has 0 fully saturated rings. The first-order valence-corrected chi connectivity index (χ1v) is 13.6. The Morgan fingerprint density at radius 2 is 1.50 bits per heavy atom. The third-order valence-electron chi connectivity index (χ3n) is 5.76. The summed E-state index contributed by atoms with van der Waals surface area (Å²) in [5, 5.41) is 10.8. The number of benzene rings is 1. The number of esters is 1. The molecule has 1 aromatic rings. The molecule has 1 rings (SSSR count). The van der Waals surface area contributed by atoms with Crippen molar-refractivity contribution in [3.63, 3.8) is 0 Å². The second kappa shape index (κ2) is 15.2. The Labute approximate surface area is 237 Å². The van der Waals surface area contributed by atoms with Gasteiger partial charge in [0.2, 0.25) is 17.7 Å². The number of carbonyl (C=O) groups is 5. The summed E-state index contributed by atoms with van der Waals surface area (Å²) in [7, 11) is 0. The van der Waals surface area contributed by atoms with Crippen LogP contribution >= 0.6 is 0 Å². The summed E-state index contributed by atoms with van der Waals surface area (Å²) >= 11 is 0. The van der Waals surface area contributed by atoms with Crippen molar-refractivity contribution in [2.24, 2.45) is 22.5 Å². The van der Waals surface area contributed by atoms with E-state index in [1.54, 1.807) is 45.0 Å². The van der Waals surface area contributed by atoms with Gasteiger partial charge < -0.3 is 31.7 Å². The van der Waals surface area contributed by atoms with Gasteiger partial charge in [-0.15, -0.1) is 0 Å². The van der Waals surface area contributed by atoms with Crippen LogP contribution in [0.2, 0.25) is 0 Å². The number of ether oxygens (including phenoxy) is 1. The van der Waals surface area contributed by atoms with Crippen LogP contribution in [0.3, 0.4) is 0 Å². The average molecular weight is 562 g/mol. The Hall–Kier alpha value is -3.63. The van der Waals surface area contributed by atoms with Crippen LogP contribution in [0.25, 0.3) is 0 Å². The van der Waals surface area contributed by atoms with Gasteiger partial charge in [-0.3, -0.25) is 19.2 Å². The summed E-state index contributed by atoms with van der Waals surface area (Å²) in [5.41, 5.74) is 5.51. The van der Waals surface area contributed by atoms with E-state index < -0.39 is 35.3 Å². The highest BCUT2D eigenvalue weighted by molar-refractivity contribution is 5.98. The Morgan fingerprint density at radius 1 is 0.900 bits per heavy atom. The first-order valence-electron chi connectivity index (χ1n) is 13.6. The standard InChI is InChI=1S/C29H47N5O6/c1-18(2)23(34-22(35)16-28(3,4)5)25(37)33-21(10-9-15-31-27(30)39)24(36)32-20-13-11-19(12-14-20)17-40-26(38)29(6,7)8/h11-14,18,21,23H,9-10,15-17H2,1-8H3,(H,32,36)(H,33,37)(H,34,35)(H3,30,31,39)/t21-,23?/m0/s1. The molecule has 0 aliphatic heterocycles. The maximum atomic E-state index is 13.2. The molecule has 224 valence electrons. The lowest BCUT2D eigenvalue weighted by molar-refractivity contribution is -0.154. The molecule has 11 nitrogen and oxygen atoms in total. The molecule has 5 amide bonds. The highest BCUT2D eigenvalue weighted by atomic mass is 16.5. The van der Waals surface area contributed by atoms with Crippen LogP contribution in [0.15, 0.2) is 24.3 Å². The lowest BCUT2D eigenvalue weighted by atomic mass is 9.91. The maximum absolute atomic E-state index is 13.2. The molecule has 1 aromatic carbocycles. The van der Waals surface area contributed by atoms with Gasteiger partial charge in [0.05, 0.1) is 5.41 Å². The zero-order valence-electron chi connectivity index (χ0n) is 25.1. The van der Waals surface area contributed by atoms with Crippen molar-refractivity contribution in [1.29, 1.82) is 0 Å². The molecule has 0 saturated heterocycles. The van der Waals surface area contributed by atoms with Crippen molar-refractivity contribution in [1.82, 2.24) is 16.0 Å². The molecule has 2 atom stereocenters. The fraction of sp³-hybridized carbons (Fsp3) is 0.621. The van der Waals surface area contributed by atoms with Gasteiger partial charge in [0, 0.05) is 18.7 Å². The van der Waals surface area contributed by atoms with Crippen LogP contribution < -0.4 is 27.0 Å². The number of amides is 5. The van der Waals surface area contributed by atoms with E-state index in [2.05, 4.69) is 21.3 Å². The van der Waals surface area contributed by atoms with E-state index in [0.717, 1.165) is 5.56 Å². The van der Waals surface area contributed by atoms with E-state index in [4.69, 9.17) is 10.5 Å². The highest BCUT2D eigenvalue weighted by Gasteiger charge is 2.30. The monoisotopic (exact) mass is 561 g/mol. The quantitative estimate of drug-likeness (QED) is 0.183. The number of nitrogens with one attached hydrogen (secondary N) is 4. The summed E-state index contributed by atoms with van der Waals surface area (Å²) in [5.74, 6) is -1.71. The van der Waals surface area contributed by atoms with E-state index in [-0.39, 0.29) is 49.2 Å². The summed E-state index contributed by atoms with van der Waals surface area (Å²) < 4.78 is 5.32. The minimum absolute atomic E-state index is 0.105. The first kappa shape index (κ1) is 34.4. The molecule has 0 aliphatic rings. The molecular formula is C29H47N5O6. The van der Waals surface area contributed by atoms with Crippen LogP contribution in [-0.4, -0.2) is 48.4 Å². The van der Waals surface area contributed by atoms with Crippen molar-refractivity contribution in [3.8, 4) is 0 Å². The van der Waals surface area contributed by atoms with E-state index in [1.807, 2.05) is 34.6 Å². The van der Waals surface area contributed by atoms with Crippen molar-refractivity contribution in [2.45, 2.75) is 93.3 Å². The summed E-state index contributed by atoms with van der Waals surface area (Å²) in [6.45, 7) is 15.1. The molecule has 0 saturated carbocycles. The van der Waals surface area contributed by atoms with Crippen LogP contribution in [0, 0.1) is 16.7 Å². The maximum Gasteiger partial charge on any atom is 0.312 e. The minimum Gasteiger partial charge on any atom is -0.460 e. The van der Waals surface area contributed by atoms with Gasteiger partial charge in [-0.2, -0.15) is 0 Å². The molecule has 0 aromatic heterocycles. The molecule has 11 heteroatoms. The van der Waals surface area contributed by atoms with Gasteiger partial charge >= 0.3 is 12.0 Å². The molecule has 40 heavy (non-hydrogen) atoms. The lowest BCUT2D eigenvalue weighted by Crippen LogP contribution is -2.54. The van der Waals surface area contributed by atoms with E-state index >= 15 is 0 Å².